The second kappa shape index (κ2) is 10.3. The summed E-state index contributed by atoms with van der Waals surface area (Å²) in [5, 5.41) is 3.13. The molecule has 0 amide bonds. The van der Waals surface area contributed by atoms with E-state index in [2.05, 4.69) is 24.4 Å². The number of ether oxygens (including phenoxy) is 1. The Kier molecular flexibility index (Phi) is 8.69. The van der Waals surface area contributed by atoms with Gasteiger partial charge in [-0.05, 0) is 36.8 Å². The topological polar surface area (TPSA) is 47.3 Å². The largest absolute Gasteiger partial charge is 0.497 e. The number of thioether (sulfide) groups is 1. The molecule has 0 aromatic heterocycles. The maximum atomic E-state index is 6.13. The van der Waals surface area contributed by atoms with Crippen molar-refractivity contribution in [3.63, 3.8) is 0 Å². The summed E-state index contributed by atoms with van der Waals surface area (Å²) in [5.74, 6) is 0.779. The first-order chi connectivity index (χ1) is 11.1. The van der Waals surface area contributed by atoms with E-state index in [1.54, 1.807) is 7.11 Å². The zero-order valence-corrected chi connectivity index (χ0v) is 15.6. The van der Waals surface area contributed by atoms with E-state index in [0.717, 1.165) is 16.2 Å². The molecule has 0 fully saturated rings. The molecular formula is C18H24N2OS2. The van der Waals surface area contributed by atoms with Gasteiger partial charge in [-0.2, -0.15) is 0 Å². The second-order valence-corrected chi connectivity index (χ2v) is 6.35. The number of methoxy groups -OCH3 is 1. The van der Waals surface area contributed by atoms with E-state index in [4.69, 9.17) is 22.7 Å². The summed E-state index contributed by atoms with van der Waals surface area (Å²) >= 11 is 6.84. The quantitative estimate of drug-likeness (QED) is 0.478. The highest BCUT2D eigenvalue weighted by Crippen LogP contribution is 2.21. The van der Waals surface area contributed by atoms with Gasteiger partial charge < -0.3 is 15.8 Å². The Morgan fingerprint density at radius 3 is 2.43 bits per heavy atom. The van der Waals surface area contributed by atoms with Crippen LogP contribution >= 0.6 is 24.0 Å². The maximum absolute atomic E-state index is 6.13. The molecule has 124 valence electrons. The predicted octanol–water partition coefficient (Wildman–Crippen LogP) is 4.65. The fourth-order valence-corrected chi connectivity index (χ4v) is 2.88. The van der Waals surface area contributed by atoms with Gasteiger partial charge in [0.15, 0.2) is 0 Å². The van der Waals surface area contributed by atoms with Gasteiger partial charge in [0.2, 0.25) is 0 Å². The van der Waals surface area contributed by atoms with Crippen LogP contribution in [0.15, 0.2) is 53.4 Å². The van der Waals surface area contributed by atoms with Gasteiger partial charge in [-0.25, -0.2) is 0 Å². The summed E-state index contributed by atoms with van der Waals surface area (Å²) in [7, 11) is 1.63. The maximum Gasteiger partial charge on any atom is 0.140 e. The van der Waals surface area contributed by atoms with Gasteiger partial charge in [0.1, 0.15) is 16.2 Å². The van der Waals surface area contributed by atoms with Crippen LogP contribution in [-0.2, 0) is 0 Å². The fraction of sp³-hybridized carbons (Fsp3) is 0.278. The van der Waals surface area contributed by atoms with Crippen LogP contribution in [0.25, 0.3) is 0 Å². The Morgan fingerprint density at radius 1 is 1.17 bits per heavy atom. The summed E-state index contributed by atoms with van der Waals surface area (Å²) in [6.07, 6.45) is -0.356. The smallest absolute Gasteiger partial charge is 0.140 e. The Balaban J connectivity index is 0.00000127. The summed E-state index contributed by atoms with van der Waals surface area (Å²) < 4.78 is 5.84. The first kappa shape index (κ1) is 19.5. The lowest BCUT2D eigenvalue weighted by Crippen LogP contribution is -2.31. The van der Waals surface area contributed by atoms with E-state index in [-0.39, 0.29) is 6.17 Å². The van der Waals surface area contributed by atoms with E-state index in [1.807, 2.05) is 50.2 Å². The first-order valence-electron chi connectivity index (χ1n) is 7.53. The first-order valence-corrected chi connectivity index (χ1v) is 8.75. The Bertz CT molecular complexity index is 615. The molecule has 0 saturated carbocycles. The lowest BCUT2D eigenvalue weighted by molar-refractivity contribution is 0.413. The van der Waals surface area contributed by atoms with Gasteiger partial charge in [0.25, 0.3) is 0 Å². The molecule has 1 unspecified atom stereocenters. The van der Waals surface area contributed by atoms with Crippen LogP contribution in [0, 0.1) is 6.92 Å². The lowest BCUT2D eigenvalue weighted by Gasteiger charge is -2.16. The number of nitrogens with one attached hydrogen (secondary N) is 1. The monoisotopic (exact) mass is 348 g/mol. The van der Waals surface area contributed by atoms with Crippen LogP contribution in [-0.4, -0.2) is 11.4 Å². The van der Waals surface area contributed by atoms with E-state index < -0.39 is 0 Å². The number of nitrogens with two attached hydrogens (primary N) is 1. The second-order valence-electron chi connectivity index (χ2n) is 4.60. The molecule has 0 aliphatic rings. The number of aryl methyl sites for hydroxylation is 1. The minimum atomic E-state index is -0.356. The third-order valence-electron chi connectivity index (χ3n) is 2.96. The SMILES string of the molecule is CC.COc1cccc(C(N)NC(=S)Sc2ccc(C)cc2)c1. The van der Waals surface area contributed by atoms with Crippen molar-refractivity contribution < 1.29 is 4.74 Å². The van der Waals surface area contributed by atoms with Crippen LogP contribution in [0.5, 0.6) is 5.75 Å². The molecule has 0 heterocycles. The van der Waals surface area contributed by atoms with Gasteiger partial charge in [0.05, 0.1) is 7.11 Å². The van der Waals surface area contributed by atoms with Crippen molar-refractivity contribution >= 4 is 28.3 Å². The molecule has 1 atom stereocenters. The molecule has 0 aliphatic heterocycles. The van der Waals surface area contributed by atoms with Crippen molar-refractivity contribution in [1.29, 1.82) is 0 Å². The Hall–Kier alpha value is -1.56. The van der Waals surface area contributed by atoms with Crippen LogP contribution in [0.1, 0.15) is 31.1 Å². The Labute approximate surface area is 148 Å². The van der Waals surface area contributed by atoms with Gasteiger partial charge in [-0.1, -0.05) is 67.7 Å². The van der Waals surface area contributed by atoms with Crippen molar-refractivity contribution in [2.24, 2.45) is 5.73 Å². The van der Waals surface area contributed by atoms with Crippen LogP contribution in [0.4, 0.5) is 0 Å². The van der Waals surface area contributed by atoms with E-state index >= 15 is 0 Å². The molecule has 3 N–H and O–H groups in total. The summed E-state index contributed by atoms with van der Waals surface area (Å²) in [5.41, 5.74) is 8.29. The molecule has 5 heteroatoms. The number of hydrogen-bond acceptors (Lipinski definition) is 4. The average molecular weight is 349 g/mol. The minimum absolute atomic E-state index is 0.356. The van der Waals surface area contributed by atoms with Crippen molar-refractivity contribution in [2.45, 2.75) is 31.8 Å². The molecular weight excluding hydrogens is 324 g/mol. The molecule has 2 rings (SSSR count). The summed E-state index contributed by atoms with van der Waals surface area (Å²) in [4.78, 5) is 1.09. The van der Waals surface area contributed by atoms with Gasteiger partial charge in [-0.3, -0.25) is 0 Å². The van der Waals surface area contributed by atoms with Gasteiger partial charge in [0, 0.05) is 4.90 Å². The highest BCUT2D eigenvalue weighted by Gasteiger charge is 2.09. The molecule has 3 nitrogen and oxygen atoms in total. The van der Waals surface area contributed by atoms with Crippen molar-refractivity contribution in [1.82, 2.24) is 5.32 Å². The minimum Gasteiger partial charge on any atom is -0.497 e. The molecule has 0 aliphatic carbocycles. The highest BCUT2D eigenvalue weighted by molar-refractivity contribution is 8.23. The van der Waals surface area contributed by atoms with Crippen molar-refractivity contribution in [3.05, 3.63) is 59.7 Å². The number of hydrogen-bond donors (Lipinski definition) is 2. The van der Waals surface area contributed by atoms with Crippen LogP contribution in [0.2, 0.25) is 0 Å². The fourth-order valence-electron chi connectivity index (χ4n) is 1.79. The van der Waals surface area contributed by atoms with Crippen LogP contribution in [0.3, 0.4) is 0 Å². The molecule has 2 aromatic carbocycles. The van der Waals surface area contributed by atoms with E-state index in [1.165, 1.54) is 17.3 Å². The lowest BCUT2D eigenvalue weighted by atomic mass is 10.2. The van der Waals surface area contributed by atoms with Gasteiger partial charge >= 0.3 is 0 Å². The molecule has 2 aromatic rings. The van der Waals surface area contributed by atoms with E-state index in [0.29, 0.717) is 4.32 Å². The average Bonchev–Trinajstić information content (AvgIpc) is 2.58. The third kappa shape index (κ3) is 6.60. The molecule has 0 bridgehead atoms. The number of benzene rings is 2. The number of rotatable bonds is 4. The molecule has 0 radical (unpaired) electrons. The number of thiocarbonyl (C=S) groups is 1. The van der Waals surface area contributed by atoms with Crippen LogP contribution < -0.4 is 15.8 Å². The highest BCUT2D eigenvalue weighted by atomic mass is 32.2. The van der Waals surface area contributed by atoms with Crippen molar-refractivity contribution in [2.75, 3.05) is 7.11 Å². The molecule has 23 heavy (non-hydrogen) atoms. The molecule has 0 spiro atoms. The zero-order chi connectivity index (χ0) is 17.2. The van der Waals surface area contributed by atoms with Crippen molar-refractivity contribution in [3.8, 4) is 5.75 Å². The predicted molar refractivity (Wildman–Crippen MR) is 104 cm³/mol. The normalized spacial score (nSPS) is 11.0. The molecule has 0 saturated heterocycles. The standard InChI is InChI=1S/C16H18N2OS2.C2H6/c1-11-6-8-14(9-7-11)21-16(20)18-15(17)12-4-3-5-13(10-12)19-2;1-2/h3-10,15H,17H2,1-2H3,(H,18,20);1-2H3. The zero-order valence-electron chi connectivity index (χ0n) is 14.0. The summed E-state index contributed by atoms with van der Waals surface area (Å²) in [6, 6.07) is 15.9. The summed E-state index contributed by atoms with van der Waals surface area (Å²) in [6.45, 7) is 6.06. The third-order valence-corrected chi connectivity index (χ3v) is 4.14. The van der Waals surface area contributed by atoms with Gasteiger partial charge in [-0.15, -0.1) is 0 Å². The Morgan fingerprint density at radius 2 is 1.83 bits per heavy atom. The van der Waals surface area contributed by atoms with E-state index in [9.17, 15) is 0 Å².